The Kier molecular flexibility index (Phi) is 5.10. The van der Waals surface area contributed by atoms with Gasteiger partial charge in [-0.15, -0.1) is 0 Å². The number of nitrogens with zero attached hydrogens (tertiary/aromatic N) is 3. The highest BCUT2D eigenvalue weighted by Crippen LogP contribution is 2.07. The van der Waals surface area contributed by atoms with Gasteiger partial charge in [-0.3, -0.25) is 4.79 Å². The number of hydrogen-bond donors (Lipinski definition) is 1. The molecule has 0 spiro atoms. The quantitative estimate of drug-likeness (QED) is 0.754. The number of aromatic nitrogens is 2. The van der Waals surface area contributed by atoms with Crippen molar-refractivity contribution in [1.82, 2.24) is 9.78 Å². The van der Waals surface area contributed by atoms with Crippen LogP contribution in [0.4, 0.5) is 5.69 Å². The van der Waals surface area contributed by atoms with Gasteiger partial charge < -0.3 is 10.0 Å². The molecule has 1 aromatic rings. The van der Waals surface area contributed by atoms with Gasteiger partial charge in [0.05, 0.1) is 18.4 Å². The Morgan fingerprint density at radius 2 is 2.17 bits per heavy atom. The van der Waals surface area contributed by atoms with Crippen LogP contribution in [-0.4, -0.2) is 33.9 Å². The Morgan fingerprint density at radius 1 is 1.50 bits per heavy atom. The van der Waals surface area contributed by atoms with Crippen LogP contribution in [0.15, 0.2) is 29.2 Å². The van der Waals surface area contributed by atoms with Crippen molar-refractivity contribution >= 4 is 11.7 Å². The van der Waals surface area contributed by atoms with Gasteiger partial charge in [0.2, 0.25) is 0 Å². The average Bonchev–Trinajstić information content (AvgIpc) is 2.33. The van der Waals surface area contributed by atoms with E-state index in [1.165, 1.54) is 16.8 Å². The second-order valence-corrected chi connectivity index (χ2v) is 3.65. The lowest BCUT2D eigenvalue weighted by Gasteiger charge is -2.20. The maximum Gasteiger partial charge on any atom is 0.328 e. The third-order valence-corrected chi connectivity index (χ3v) is 2.52. The molecule has 1 N–H and O–H groups in total. The van der Waals surface area contributed by atoms with Crippen molar-refractivity contribution in [3.8, 4) is 0 Å². The van der Waals surface area contributed by atoms with Gasteiger partial charge in [0.1, 0.15) is 0 Å². The van der Waals surface area contributed by atoms with Gasteiger partial charge in [-0.1, -0.05) is 6.08 Å². The van der Waals surface area contributed by atoms with E-state index in [9.17, 15) is 9.59 Å². The number of aliphatic carboxylic acids is 1. The maximum absolute atomic E-state index is 11.7. The van der Waals surface area contributed by atoms with Crippen LogP contribution in [0.2, 0.25) is 0 Å². The minimum Gasteiger partial charge on any atom is -0.478 e. The summed E-state index contributed by atoms with van der Waals surface area (Å²) >= 11 is 0. The molecule has 0 unspecified atom stereocenters. The summed E-state index contributed by atoms with van der Waals surface area (Å²) in [4.78, 5) is 24.1. The van der Waals surface area contributed by atoms with Crippen molar-refractivity contribution in [3.63, 3.8) is 0 Å². The molecule has 1 heterocycles. The smallest absolute Gasteiger partial charge is 0.328 e. The molecule has 0 aliphatic carbocycles. The van der Waals surface area contributed by atoms with Crippen molar-refractivity contribution < 1.29 is 9.90 Å². The molecule has 1 rings (SSSR count). The fourth-order valence-electron chi connectivity index (χ4n) is 1.58. The first-order valence-electron chi connectivity index (χ1n) is 5.80. The third-order valence-electron chi connectivity index (χ3n) is 2.52. The van der Waals surface area contributed by atoms with Crippen LogP contribution < -0.4 is 10.5 Å². The van der Waals surface area contributed by atoms with E-state index in [4.69, 9.17) is 5.11 Å². The number of carboxylic acid groups (broad SMARTS) is 1. The Balaban J connectivity index is 2.86. The predicted molar refractivity (Wildman–Crippen MR) is 68.8 cm³/mol. The first kappa shape index (κ1) is 14.0. The van der Waals surface area contributed by atoms with Crippen LogP contribution in [0.5, 0.6) is 0 Å². The van der Waals surface area contributed by atoms with E-state index in [0.717, 1.165) is 24.9 Å². The molecule has 0 saturated carbocycles. The van der Waals surface area contributed by atoms with Gasteiger partial charge in [0.25, 0.3) is 5.56 Å². The second kappa shape index (κ2) is 6.58. The van der Waals surface area contributed by atoms with Gasteiger partial charge in [-0.25, -0.2) is 9.48 Å². The molecule has 0 atom stereocenters. The van der Waals surface area contributed by atoms with Crippen LogP contribution in [0, 0.1) is 0 Å². The molecule has 0 bridgehead atoms. The lowest BCUT2D eigenvalue weighted by molar-refractivity contribution is -0.131. The minimum atomic E-state index is -1.04. The molecule has 18 heavy (non-hydrogen) atoms. The van der Waals surface area contributed by atoms with Crippen LogP contribution in [-0.2, 0) is 11.3 Å². The molecule has 98 valence electrons. The van der Waals surface area contributed by atoms with E-state index >= 15 is 0 Å². The standard InChI is InChI=1S/C12H17N3O3/c1-3-14(4-2)10-8-11(16)15(13-9-10)7-5-6-12(17)18/h5-6,8-9H,3-4,7H2,1-2H3,(H,17,18)/b6-5+. The summed E-state index contributed by atoms with van der Waals surface area (Å²) in [5.41, 5.74) is 0.540. The largest absolute Gasteiger partial charge is 0.478 e. The normalized spacial score (nSPS) is 10.8. The highest BCUT2D eigenvalue weighted by molar-refractivity contribution is 5.79. The molecule has 0 aliphatic heterocycles. The van der Waals surface area contributed by atoms with Gasteiger partial charge in [0.15, 0.2) is 0 Å². The first-order chi connectivity index (χ1) is 8.58. The number of carbonyl (C=O) groups is 1. The van der Waals surface area contributed by atoms with Gasteiger partial charge in [-0.2, -0.15) is 5.10 Å². The highest BCUT2D eigenvalue weighted by Gasteiger charge is 2.04. The summed E-state index contributed by atoms with van der Waals surface area (Å²) in [6, 6.07) is 1.51. The monoisotopic (exact) mass is 251 g/mol. The SMILES string of the molecule is CCN(CC)c1cnn(C/C=C/C(=O)O)c(=O)c1. The fourth-order valence-corrected chi connectivity index (χ4v) is 1.58. The Bertz CT molecular complexity index is 490. The Labute approximate surface area is 105 Å². The zero-order chi connectivity index (χ0) is 13.5. The second-order valence-electron chi connectivity index (χ2n) is 3.65. The molecule has 0 amide bonds. The molecule has 1 aromatic heterocycles. The highest BCUT2D eigenvalue weighted by atomic mass is 16.4. The van der Waals surface area contributed by atoms with Gasteiger partial charge in [-0.05, 0) is 13.8 Å². The van der Waals surface area contributed by atoms with Crippen LogP contribution in [0.25, 0.3) is 0 Å². The summed E-state index contributed by atoms with van der Waals surface area (Å²) < 4.78 is 1.21. The van der Waals surface area contributed by atoms with Gasteiger partial charge in [0, 0.05) is 25.2 Å². The molecule has 0 aromatic carbocycles. The van der Waals surface area contributed by atoms with Gasteiger partial charge >= 0.3 is 5.97 Å². The molecular weight excluding hydrogens is 234 g/mol. The zero-order valence-corrected chi connectivity index (χ0v) is 10.5. The maximum atomic E-state index is 11.7. The van der Waals surface area contributed by atoms with Crippen molar-refractivity contribution in [3.05, 3.63) is 34.8 Å². The van der Waals surface area contributed by atoms with E-state index < -0.39 is 5.97 Å². The topological polar surface area (TPSA) is 75.4 Å². The van der Waals surface area contributed by atoms with E-state index in [1.807, 2.05) is 18.7 Å². The van der Waals surface area contributed by atoms with E-state index in [-0.39, 0.29) is 12.1 Å². The molecule has 0 radical (unpaired) electrons. The number of hydrogen-bond acceptors (Lipinski definition) is 4. The van der Waals surface area contributed by atoms with Crippen LogP contribution >= 0.6 is 0 Å². The predicted octanol–water partition coefficient (Wildman–Crippen LogP) is 0.730. The lowest BCUT2D eigenvalue weighted by Crippen LogP contribution is -2.27. The van der Waals surface area contributed by atoms with Crippen LogP contribution in [0.3, 0.4) is 0 Å². The Morgan fingerprint density at radius 3 is 2.67 bits per heavy atom. The van der Waals surface area contributed by atoms with Crippen LogP contribution in [0.1, 0.15) is 13.8 Å². The Hall–Kier alpha value is -2.11. The van der Waals surface area contributed by atoms with E-state index in [2.05, 4.69) is 5.10 Å². The number of rotatable bonds is 6. The van der Waals surface area contributed by atoms with Crippen molar-refractivity contribution in [2.45, 2.75) is 20.4 Å². The molecule has 0 fully saturated rings. The van der Waals surface area contributed by atoms with E-state index in [1.54, 1.807) is 6.20 Å². The third kappa shape index (κ3) is 3.73. The summed E-state index contributed by atoms with van der Waals surface area (Å²) in [5, 5.41) is 12.5. The molecule has 0 aliphatic rings. The lowest BCUT2D eigenvalue weighted by atomic mass is 10.4. The fraction of sp³-hybridized carbons (Fsp3) is 0.417. The summed E-state index contributed by atoms with van der Waals surface area (Å²) in [5.74, 6) is -1.04. The van der Waals surface area contributed by atoms with Crippen molar-refractivity contribution in [2.75, 3.05) is 18.0 Å². The summed E-state index contributed by atoms with van der Waals surface area (Å²) in [6.07, 6.45) is 3.99. The van der Waals surface area contributed by atoms with Crippen molar-refractivity contribution in [1.29, 1.82) is 0 Å². The minimum absolute atomic E-state index is 0.156. The first-order valence-corrected chi connectivity index (χ1v) is 5.80. The molecule has 0 saturated heterocycles. The number of carboxylic acids is 1. The molecular formula is C12H17N3O3. The number of anilines is 1. The number of allylic oxidation sites excluding steroid dienone is 1. The molecule has 6 heteroatoms. The summed E-state index contributed by atoms with van der Waals surface area (Å²) in [6.45, 7) is 5.78. The zero-order valence-electron chi connectivity index (χ0n) is 10.5. The average molecular weight is 251 g/mol. The van der Waals surface area contributed by atoms with E-state index in [0.29, 0.717) is 0 Å². The van der Waals surface area contributed by atoms with Crippen molar-refractivity contribution in [2.24, 2.45) is 0 Å². The molecule has 6 nitrogen and oxygen atoms in total. The summed E-state index contributed by atoms with van der Waals surface area (Å²) in [7, 11) is 0.